The predicted molar refractivity (Wildman–Crippen MR) is 88.5 cm³/mol. The molecule has 0 spiro atoms. The highest BCUT2D eigenvalue weighted by molar-refractivity contribution is 9.10. The highest BCUT2D eigenvalue weighted by Gasteiger charge is 2.12. The van der Waals surface area contributed by atoms with Crippen molar-refractivity contribution >= 4 is 48.0 Å². The number of thiophene rings is 1. The lowest BCUT2D eigenvalue weighted by Gasteiger charge is -2.05. The van der Waals surface area contributed by atoms with E-state index in [1.807, 2.05) is 11.4 Å². The quantitative estimate of drug-likeness (QED) is 0.853. The predicted octanol–water partition coefficient (Wildman–Crippen LogP) is 3.49. The molecular formula is C14H14BrNO3S2. The first-order chi connectivity index (χ1) is 9.90. The number of hydrogen-bond donors (Lipinski definition) is 1. The zero-order valence-electron chi connectivity index (χ0n) is 11.3. The van der Waals surface area contributed by atoms with E-state index in [9.17, 15) is 13.2 Å². The monoisotopic (exact) mass is 387 g/mol. The molecule has 112 valence electrons. The summed E-state index contributed by atoms with van der Waals surface area (Å²) in [5.74, 6) is -0.0597. The lowest BCUT2D eigenvalue weighted by atomic mass is 10.1. The minimum Gasteiger partial charge on any atom is -0.317 e. The Labute approximate surface area is 136 Å². The number of carbonyl (C=O) groups is 1. The van der Waals surface area contributed by atoms with Crippen molar-refractivity contribution in [2.75, 3.05) is 11.1 Å². The van der Waals surface area contributed by atoms with Crippen molar-refractivity contribution in [3.63, 3.8) is 0 Å². The first-order valence-electron chi connectivity index (χ1n) is 6.26. The fraction of sp³-hybridized carbons (Fsp3) is 0.214. The van der Waals surface area contributed by atoms with E-state index in [0.717, 1.165) is 15.0 Å². The van der Waals surface area contributed by atoms with E-state index in [1.54, 1.807) is 31.2 Å². The normalized spacial score (nSPS) is 11.3. The number of benzene rings is 1. The van der Waals surface area contributed by atoms with Gasteiger partial charge in [0.25, 0.3) is 0 Å². The Morgan fingerprint density at radius 2 is 1.95 bits per heavy atom. The van der Waals surface area contributed by atoms with Crippen molar-refractivity contribution in [3.8, 4) is 0 Å². The van der Waals surface area contributed by atoms with E-state index in [4.69, 9.17) is 0 Å². The van der Waals surface area contributed by atoms with Crippen LogP contribution in [0.5, 0.6) is 0 Å². The van der Waals surface area contributed by atoms with Crippen LogP contribution < -0.4 is 5.32 Å². The lowest BCUT2D eigenvalue weighted by molar-refractivity contribution is -0.115. The van der Waals surface area contributed by atoms with Gasteiger partial charge in [-0.2, -0.15) is 0 Å². The summed E-state index contributed by atoms with van der Waals surface area (Å²) in [6, 6.07) is 8.27. The molecule has 0 saturated heterocycles. The molecule has 0 atom stereocenters. The Morgan fingerprint density at radius 1 is 1.29 bits per heavy atom. The first-order valence-corrected chi connectivity index (χ1v) is 9.59. The minimum absolute atomic E-state index is 0.0695. The van der Waals surface area contributed by atoms with Crippen LogP contribution in [-0.4, -0.2) is 20.1 Å². The van der Waals surface area contributed by atoms with Gasteiger partial charge < -0.3 is 5.32 Å². The van der Waals surface area contributed by atoms with Gasteiger partial charge >= 0.3 is 0 Å². The number of rotatable bonds is 5. The van der Waals surface area contributed by atoms with E-state index < -0.39 is 9.84 Å². The van der Waals surface area contributed by atoms with Crippen molar-refractivity contribution in [1.82, 2.24) is 0 Å². The van der Waals surface area contributed by atoms with Gasteiger partial charge in [0, 0.05) is 9.85 Å². The average molecular weight is 388 g/mol. The molecule has 4 nitrogen and oxygen atoms in total. The van der Waals surface area contributed by atoms with Crippen molar-refractivity contribution in [2.24, 2.45) is 0 Å². The van der Waals surface area contributed by atoms with Crippen LogP contribution in [0.1, 0.15) is 12.5 Å². The van der Waals surface area contributed by atoms with Gasteiger partial charge in [-0.05, 0) is 39.7 Å². The molecule has 1 heterocycles. The maximum atomic E-state index is 11.9. The lowest BCUT2D eigenvalue weighted by Crippen LogP contribution is -2.13. The summed E-state index contributed by atoms with van der Waals surface area (Å²) < 4.78 is 24.3. The third-order valence-corrected chi connectivity index (χ3v) is 6.21. The summed E-state index contributed by atoms with van der Waals surface area (Å²) >= 11 is 4.76. The Bertz CT molecular complexity index is 736. The summed E-state index contributed by atoms with van der Waals surface area (Å²) in [7, 11) is -3.19. The SMILES string of the molecule is CCS(=O)(=O)c1ccc(CC(=O)Nc2cc(Br)cs2)cc1. The number of hydrogen-bond acceptors (Lipinski definition) is 4. The fourth-order valence-electron chi connectivity index (χ4n) is 1.73. The highest BCUT2D eigenvalue weighted by atomic mass is 79.9. The molecule has 1 amide bonds. The van der Waals surface area contributed by atoms with Crippen LogP contribution in [0.4, 0.5) is 5.00 Å². The Morgan fingerprint density at radius 3 is 2.48 bits per heavy atom. The van der Waals surface area contributed by atoms with Gasteiger partial charge in [0.2, 0.25) is 5.91 Å². The first kappa shape index (κ1) is 16.2. The smallest absolute Gasteiger partial charge is 0.229 e. The van der Waals surface area contributed by atoms with E-state index in [2.05, 4.69) is 21.2 Å². The molecule has 2 rings (SSSR count). The zero-order chi connectivity index (χ0) is 15.5. The van der Waals surface area contributed by atoms with Crippen molar-refractivity contribution < 1.29 is 13.2 Å². The van der Waals surface area contributed by atoms with Crippen LogP contribution in [0, 0.1) is 0 Å². The van der Waals surface area contributed by atoms with Crippen molar-refractivity contribution in [1.29, 1.82) is 0 Å². The molecule has 0 unspecified atom stereocenters. The number of sulfone groups is 1. The largest absolute Gasteiger partial charge is 0.317 e. The summed E-state index contributed by atoms with van der Waals surface area (Å²) in [6.07, 6.45) is 0.210. The number of nitrogens with one attached hydrogen (secondary N) is 1. The second-order valence-electron chi connectivity index (χ2n) is 4.40. The third-order valence-electron chi connectivity index (χ3n) is 2.86. The maximum Gasteiger partial charge on any atom is 0.229 e. The third kappa shape index (κ3) is 4.39. The second-order valence-corrected chi connectivity index (χ2v) is 8.51. The molecule has 1 N–H and O–H groups in total. The summed E-state index contributed by atoms with van der Waals surface area (Å²) in [6.45, 7) is 1.61. The second kappa shape index (κ2) is 6.72. The number of amides is 1. The zero-order valence-corrected chi connectivity index (χ0v) is 14.5. The van der Waals surface area contributed by atoms with Gasteiger partial charge in [-0.3, -0.25) is 4.79 Å². The van der Waals surface area contributed by atoms with Crippen LogP contribution in [0.25, 0.3) is 0 Å². The Balaban J connectivity index is 2.02. The number of carbonyl (C=O) groups excluding carboxylic acids is 1. The van der Waals surface area contributed by atoms with Crippen LogP contribution in [0.3, 0.4) is 0 Å². The van der Waals surface area contributed by atoms with Crippen molar-refractivity contribution in [3.05, 3.63) is 45.7 Å². The molecule has 1 aromatic heterocycles. The Hall–Kier alpha value is -1.18. The van der Waals surface area contributed by atoms with Gasteiger partial charge in [0.05, 0.1) is 22.1 Å². The van der Waals surface area contributed by atoms with Gasteiger partial charge in [-0.15, -0.1) is 11.3 Å². The molecule has 0 aliphatic heterocycles. The molecule has 0 bridgehead atoms. The molecule has 0 aliphatic carbocycles. The van der Waals surface area contributed by atoms with E-state index in [0.29, 0.717) is 0 Å². The van der Waals surface area contributed by atoms with Crippen LogP contribution in [0.2, 0.25) is 0 Å². The molecular weight excluding hydrogens is 374 g/mol. The minimum atomic E-state index is -3.19. The number of anilines is 1. The van der Waals surface area contributed by atoms with E-state index in [-0.39, 0.29) is 23.0 Å². The van der Waals surface area contributed by atoms with E-state index in [1.165, 1.54) is 11.3 Å². The summed E-state index contributed by atoms with van der Waals surface area (Å²) in [5, 5.41) is 5.46. The fourth-order valence-corrected chi connectivity index (χ4v) is 3.95. The molecule has 0 fully saturated rings. The molecule has 1 aromatic carbocycles. The van der Waals surface area contributed by atoms with Crippen LogP contribution in [0.15, 0.2) is 45.1 Å². The topological polar surface area (TPSA) is 63.2 Å². The maximum absolute atomic E-state index is 11.9. The Kier molecular flexibility index (Phi) is 5.18. The van der Waals surface area contributed by atoms with Gasteiger partial charge in [-0.1, -0.05) is 19.1 Å². The molecule has 0 radical (unpaired) electrons. The average Bonchev–Trinajstić information content (AvgIpc) is 2.84. The molecule has 2 aromatic rings. The summed E-state index contributed by atoms with van der Waals surface area (Å²) in [5.41, 5.74) is 0.776. The molecule has 7 heteroatoms. The van der Waals surface area contributed by atoms with Crippen LogP contribution >= 0.6 is 27.3 Å². The standard InChI is InChI=1S/C14H14BrNO3S2/c1-2-21(18,19)12-5-3-10(4-6-12)7-13(17)16-14-8-11(15)9-20-14/h3-6,8-9H,2,7H2,1H3,(H,16,17). The number of halogens is 1. The van der Waals surface area contributed by atoms with Gasteiger partial charge in [-0.25, -0.2) is 8.42 Å². The molecule has 0 aliphatic rings. The molecule has 21 heavy (non-hydrogen) atoms. The van der Waals surface area contributed by atoms with Crippen LogP contribution in [-0.2, 0) is 21.1 Å². The van der Waals surface area contributed by atoms with Crippen molar-refractivity contribution in [2.45, 2.75) is 18.2 Å². The van der Waals surface area contributed by atoms with Gasteiger partial charge in [0.1, 0.15) is 0 Å². The van der Waals surface area contributed by atoms with E-state index >= 15 is 0 Å². The molecule has 0 saturated carbocycles. The summed E-state index contributed by atoms with van der Waals surface area (Å²) in [4.78, 5) is 12.2. The van der Waals surface area contributed by atoms with Gasteiger partial charge in [0.15, 0.2) is 9.84 Å². The highest BCUT2D eigenvalue weighted by Crippen LogP contribution is 2.24.